The van der Waals surface area contributed by atoms with E-state index in [1.54, 1.807) is 36.5 Å². The zero-order valence-corrected chi connectivity index (χ0v) is 15.1. The molecule has 0 amide bonds. The number of aliphatic hydroxyl groups excluding tert-OH is 1. The van der Waals surface area contributed by atoms with Crippen molar-refractivity contribution in [3.63, 3.8) is 0 Å². The van der Waals surface area contributed by atoms with Crippen LogP contribution in [0.1, 0.15) is 58.3 Å². The number of carboxylic acid groups (broad SMARTS) is 1. The fourth-order valence-electron chi connectivity index (χ4n) is 2.09. The van der Waals surface area contributed by atoms with Crippen LogP contribution in [0.25, 0.3) is 0 Å². The molecule has 0 rings (SSSR count). The maximum Gasteiger partial charge on any atom is 0.303 e. The third-order valence-corrected chi connectivity index (χ3v) is 3.53. The molecule has 0 saturated carbocycles. The molecule has 0 aromatic rings. The Balaban J connectivity index is 3.95. The molecule has 0 radical (unpaired) electrons. The van der Waals surface area contributed by atoms with E-state index < -0.39 is 18.2 Å². The third-order valence-electron chi connectivity index (χ3n) is 3.53. The van der Waals surface area contributed by atoms with E-state index in [2.05, 4.69) is 17.9 Å². The lowest BCUT2D eigenvalue weighted by Gasteiger charge is -2.06. The van der Waals surface area contributed by atoms with Gasteiger partial charge < -0.3 is 10.2 Å². The average molecular weight is 352 g/mol. The third kappa shape index (κ3) is 16.9. The molecule has 0 aromatic carbocycles. The van der Waals surface area contributed by atoms with E-state index in [0.717, 1.165) is 6.42 Å². The number of aliphatic carboxylic acids is 1. The molecule has 0 bridgehead atoms. The van der Waals surface area contributed by atoms with Crippen molar-refractivity contribution in [3.8, 4) is 0 Å². The second-order valence-electron chi connectivity index (χ2n) is 5.85. The first-order valence-corrected chi connectivity index (χ1v) is 8.96. The zero-order chi connectivity index (χ0) is 18.8. The number of aliphatic hydroxyl groups is 1. The molecule has 0 aliphatic carbocycles. The molecular formula is C20H32O5. The van der Waals surface area contributed by atoms with Gasteiger partial charge in [-0.25, -0.2) is 4.89 Å². The lowest BCUT2D eigenvalue weighted by Crippen LogP contribution is -2.08. The Hall–Kier alpha value is -1.69. The summed E-state index contributed by atoms with van der Waals surface area (Å²) in [6.45, 7) is 2.18. The van der Waals surface area contributed by atoms with Crippen molar-refractivity contribution in [1.29, 1.82) is 0 Å². The molecule has 1 unspecified atom stereocenters. The van der Waals surface area contributed by atoms with Gasteiger partial charge in [-0.3, -0.25) is 10.1 Å². The summed E-state index contributed by atoms with van der Waals surface area (Å²) >= 11 is 0. The van der Waals surface area contributed by atoms with Gasteiger partial charge in [0.2, 0.25) is 0 Å². The smallest absolute Gasteiger partial charge is 0.303 e. The van der Waals surface area contributed by atoms with Crippen molar-refractivity contribution in [1.82, 2.24) is 0 Å². The van der Waals surface area contributed by atoms with E-state index in [1.165, 1.54) is 19.3 Å². The van der Waals surface area contributed by atoms with Gasteiger partial charge in [-0.1, -0.05) is 68.4 Å². The summed E-state index contributed by atoms with van der Waals surface area (Å²) in [5.41, 5.74) is 0. The van der Waals surface area contributed by atoms with Gasteiger partial charge in [0.1, 0.15) is 6.10 Å². The Morgan fingerprint density at radius 3 is 2.40 bits per heavy atom. The van der Waals surface area contributed by atoms with Gasteiger partial charge in [-0.05, 0) is 32.1 Å². The molecule has 0 fully saturated rings. The first-order valence-electron chi connectivity index (χ1n) is 8.96. The molecule has 0 aliphatic rings. The van der Waals surface area contributed by atoms with E-state index in [9.17, 15) is 9.90 Å². The lowest BCUT2D eigenvalue weighted by atomic mass is 10.1. The molecule has 0 saturated heterocycles. The van der Waals surface area contributed by atoms with E-state index in [0.29, 0.717) is 19.3 Å². The second-order valence-corrected chi connectivity index (χ2v) is 5.85. The van der Waals surface area contributed by atoms with Crippen molar-refractivity contribution >= 4 is 5.97 Å². The van der Waals surface area contributed by atoms with Gasteiger partial charge >= 0.3 is 5.97 Å². The van der Waals surface area contributed by atoms with Crippen LogP contribution in [0.5, 0.6) is 0 Å². The number of carbonyl (C=O) groups is 1. The molecule has 3 N–H and O–H groups in total. The highest BCUT2D eigenvalue weighted by Crippen LogP contribution is 2.06. The molecular weight excluding hydrogens is 320 g/mol. The summed E-state index contributed by atoms with van der Waals surface area (Å²) in [4.78, 5) is 14.7. The summed E-state index contributed by atoms with van der Waals surface area (Å²) in [5.74, 6) is -0.861. The minimum Gasteiger partial charge on any atom is -0.481 e. The minimum atomic E-state index is -0.861. The Labute approximate surface area is 151 Å². The molecule has 5 heteroatoms. The highest BCUT2D eigenvalue weighted by atomic mass is 17.1. The normalized spacial score (nSPS) is 15.0. The first-order chi connectivity index (χ1) is 12.1. The van der Waals surface area contributed by atoms with Gasteiger partial charge in [0.25, 0.3) is 0 Å². The van der Waals surface area contributed by atoms with Crippen LogP contribution in [0, 0.1) is 0 Å². The van der Waals surface area contributed by atoms with Crippen molar-refractivity contribution in [3.05, 3.63) is 48.6 Å². The van der Waals surface area contributed by atoms with Crippen LogP contribution < -0.4 is 0 Å². The molecule has 5 nitrogen and oxygen atoms in total. The van der Waals surface area contributed by atoms with E-state index in [-0.39, 0.29) is 6.42 Å². The van der Waals surface area contributed by atoms with Crippen molar-refractivity contribution < 1.29 is 25.2 Å². The van der Waals surface area contributed by atoms with Crippen molar-refractivity contribution in [2.75, 3.05) is 0 Å². The largest absolute Gasteiger partial charge is 0.481 e. The van der Waals surface area contributed by atoms with Gasteiger partial charge in [0.05, 0.1) is 6.10 Å². The van der Waals surface area contributed by atoms with Crippen LogP contribution in [0.2, 0.25) is 0 Å². The number of allylic oxidation sites excluding steroid dienone is 5. The Kier molecular flexibility index (Phi) is 16.0. The molecule has 0 heterocycles. The highest BCUT2D eigenvalue weighted by Gasteiger charge is 2.05. The van der Waals surface area contributed by atoms with Crippen molar-refractivity contribution in [2.45, 2.75) is 70.5 Å². The first kappa shape index (κ1) is 23.3. The lowest BCUT2D eigenvalue weighted by molar-refractivity contribution is -0.267. The summed E-state index contributed by atoms with van der Waals surface area (Å²) in [7, 11) is 0. The Morgan fingerprint density at radius 1 is 1.04 bits per heavy atom. The van der Waals surface area contributed by atoms with Crippen LogP contribution in [0.4, 0.5) is 0 Å². The van der Waals surface area contributed by atoms with E-state index in [1.807, 2.05) is 6.08 Å². The van der Waals surface area contributed by atoms with Gasteiger partial charge in [-0.15, -0.1) is 0 Å². The fourth-order valence-corrected chi connectivity index (χ4v) is 2.09. The average Bonchev–Trinajstić information content (AvgIpc) is 2.59. The van der Waals surface area contributed by atoms with Crippen LogP contribution in [-0.2, 0) is 9.68 Å². The topological polar surface area (TPSA) is 87.0 Å². The number of unbranched alkanes of at least 4 members (excludes halogenated alkanes) is 3. The van der Waals surface area contributed by atoms with Crippen molar-refractivity contribution in [2.24, 2.45) is 0 Å². The van der Waals surface area contributed by atoms with Crippen LogP contribution in [-0.4, -0.2) is 33.6 Å². The second kappa shape index (κ2) is 17.1. The zero-order valence-electron chi connectivity index (χ0n) is 15.1. The fraction of sp³-hybridized carbons (Fsp3) is 0.550. The molecule has 0 spiro atoms. The summed E-state index contributed by atoms with van der Waals surface area (Å²) in [6, 6.07) is 0. The van der Waals surface area contributed by atoms with Crippen LogP contribution in [0.3, 0.4) is 0 Å². The number of rotatable bonds is 15. The number of hydrogen-bond acceptors (Lipinski definition) is 4. The van der Waals surface area contributed by atoms with Gasteiger partial charge in [0, 0.05) is 6.42 Å². The SMILES string of the molecule is CCCCC/C=C\C[C@@H](O)/C=C/C=C/C=C\C(CCCC(=O)O)OO. The molecule has 0 aromatic heterocycles. The minimum absolute atomic E-state index is 0.0528. The number of hydrogen-bond donors (Lipinski definition) is 3. The quantitative estimate of drug-likeness (QED) is 0.131. The van der Waals surface area contributed by atoms with Crippen LogP contribution in [0.15, 0.2) is 48.6 Å². The van der Waals surface area contributed by atoms with Crippen LogP contribution >= 0.6 is 0 Å². The Bertz CT molecular complexity index is 437. The predicted molar refractivity (Wildman–Crippen MR) is 100 cm³/mol. The predicted octanol–water partition coefficient (Wildman–Crippen LogP) is 4.66. The maximum atomic E-state index is 10.4. The standard InChI is InChI=1S/C20H32O5/c1-2-3-4-5-6-9-13-18(21)14-10-7-8-11-15-19(25-24)16-12-17-20(22)23/h6-11,14-15,18-19,21,24H,2-5,12-13,16-17H2,1H3,(H,22,23)/b8-7+,9-6-,14-10+,15-11-/t18-,19?/m1/s1. The van der Waals surface area contributed by atoms with Gasteiger partial charge in [0.15, 0.2) is 0 Å². The molecule has 25 heavy (non-hydrogen) atoms. The molecule has 142 valence electrons. The summed E-state index contributed by atoms with van der Waals surface area (Å²) in [5, 5.41) is 27.1. The summed E-state index contributed by atoms with van der Waals surface area (Å²) < 4.78 is 0. The molecule has 0 aliphatic heterocycles. The maximum absolute atomic E-state index is 10.4. The summed E-state index contributed by atoms with van der Waals surface area (Å²) in [6.07, 6.45) is 19.7. The van der Waals surface area contributed by atoms with Gasteiger partial charge in [-0.2, -0.15) is 0 Å². The van der Waals surface area contributed by atoms with E-state index >= 15 is 0 Å². The van der Waals surface area contributed by atoms with E-state index in [4.69, 9.17) is 10.4 Å². The number of carboxylic acids is 1. The monoisotopic (exact) mass is 352 g/mol. The highest BCUT2D eigenvalue weighted by molar-refractivity contribution is 5.66. The molecule has 2 atom stereocenters. The Morgan fingerprint density at radius 2 is 1.76 bits per heavy atom.